The van der Waals surface area contributed by atoms with Gasteiger partial charge in [-0.2, -0.15) is 0 Å². The molecule has 11 heavy (non-hydrogen) atoms. The lowest BCUT2D eigenvalue weighted by atomic mass is 10.0. The van der Waals surface area contributed by atoms with Crippen LogP contribution in [0.5, 0.6) is 0 Å². The Morgan fingerprint density at radius 2 is 2.55 bits per heavy atom. The van der Waals surface area contributed by atoms with Gasteiger partial charge in [-0.1, -0.05) is 18.2 Å². The Morgan fingerprint density at radius 3 is 3.00 bits per heavy atom. The fourth-order valence-electron chi connectivity index (χ4n) is 1.12. The van der Waals surface area contributed by atoms with E-state index in [0.717, 1.165) is 19.6 Å². The molecular weight excluding hydrogens is 162 g/mol. The minimum absolute atomic E-state index is 0.109. The van der Waals surface area contributed by atoms with Crippen LogP contribution in [0.2, 0.25) is 0 Å². The molecule has 0 aromatic rings. The van der Waals surface area contributed by atoms with Crippen molar-refractivity contribution < 1.29 is 4.74 Å². The number of hydrogen-bond donors (Lipinski definition) is 1. The Morgan fingerprint density at radius 1 is 1.82 bits per heavy atom. The molecule has 0 spiro atoms. The summed E-state index contributed by atoms with van der Waals surface area (Å²) in [7, 11) is 0. The van der Waals surface area contributed by atoms with Crippen LogP contribution in [0, 0.1) is 0 Å². The molecule has 0 saturated carbocycles. The highest BCUT2D eigenvalue weighted by molar-refractivity contribution is 6.29. The first-order valence-electron chi connectivity index (χ1n) is 3.78. The average molecular weight is 176 g/mol. The fourth-order valence-corrected chi connectivity index (χ4v) is 1.18. The van der Waals surface area contributed by atoms with E-state index in [9.17, 15) is 0 Å². The maximum absolute atomic E-state index is 5.62. The number of nitrogens with one attached hydrogen (secondary N) is 1. The first-order valence-corrected chi connectivity index (χ1v) is 4.16. The summed E-state index contributed by atoms with van der Waals surface area (Å²) in [6, 6.07) is 0. The van der Waals surface area contributed by atoms with E-state index < -0.39 is 0 Å². The normalized spacial score (nSPS) is 30.7. The summed E-state index contributed by atoms with van der Waals surface area (Å²) in [5.41, 5.74) is 0.109. The van der Waals surface area contributed by atoms with Gasteiger partial charge in [-0.3, -0.25) is 0 Å². The van der Waals surface area contributed by atoms with Crippen LogP contribution < -0.4 is 5.32 Å². The summed E-state index contributed by atoms with van der Waals surface area (Å²) in [6.45, 7) is 8.04. The molecule has 0 aliphatic carbocycles. The van der Waals surface area contributed by atoms with Crippen molar-refractivity contribution in [3.63, 3.8) is 0 Å². The van der Waals surface area contributed by atoms with Gasteiger partial charge in [-0.05, 0) is 13.3 Å². The molecule has 1 unspecified atom stereocenters. The van der Waals surface area contributed by atoms with Gasteiger partial charge >= 0.3 is 0 Å². The summed E-state index contributed by atoms with van der Waals surface area (Å²) >= 11 is 5.62. The summed E-state index contributed by atoms with van der Waals surface area (Å²) in [6.07, 6.45) is 1.05. The second-order valence-corrected chi connectivity index (χ2v) is 3.77. The van der Waals surface area contributed by atoms with E-state index in [-0.39, 0.29) is 5.54 Å². The Balaban J connectivity index is 2.28. The largest absolute Gasteiger partial charge is 0.379 e. The minimum atomic E-state index is 0.109. The standard InChI is InChI=1S/C8H14ClNO/c1-7(9)5-10-8(2)3-4-11-6-8/h10H,1,3-6H2,2H3. The lowest BCUT2D eigenvalue weighted by molar-refractivity contribution is 0.173. The van der Waals surface area contributed by atoms with Gasteiger partial charge in [0, 0.05) is 23.7 Å². The molecule has 0 radical (unpaired) electrons. The van der Waals surface area contributed by atoms with Crippen molar-refractivity contribution in [3.05, 3.63) is 11.6 Å². The van der Waals surface area contributed by atoms with Crippen LogP contribution >= 0.6 is 11.6 Å². The monoisotopic (exact) mass is 175 g/mol. The van der Waals surface area contributed by atoms with Crippen LogP contribution in [-0.2, 0) is 4.74 Å². The third-order valence-corrected chi connectivity index (χ3v) is 2.06. The Labute approximate surface area is 72.6 Å². The predicted molar refractivity (Wildman–Crippen MR) is 46.8 cm³/mol. The van der Waals surface area contributed by atoms with Gasteiger partial charge in [0.1, 0.15) is 0 Å². The summed E-state index contributed by atoms with van der Waals surface area (Å²) < 4.78 is 5.26. The Kier molecular flexibility index (Phi) is 2.93. The minimum Gasteiger partial charge on any atom is -0.379 e. The van der Waals surface area contributed by atoms with Crippen LogP contribution in [0.4, 0.5) is 0 Å². The van der Waals surface area contributed by atoms with Crippen molar-refractivity contribution in [1.82, 2.24) is 5.32 Å². The van der Waals surface area contributed by atoms with Gasteiger partial charge in [0.2, 0.25) is 0 Å². The van der Waals surface area contributed by atoms with Crippen molar-refractivity contribution in [1.29, 1.82) is 0 Å². The Hall–Kier alpha value is -0.0500. The molecular formula is C8H14ClNO. The van der Waals surface area contributed by atoms with E-state index in [1.807, 2.05) is 0 Å². The maximum Gasteiger partial charge on any atom is 0.0646 e. The van der Waals surface area contributed by atoms with Gasteiger partial charge in [-0.15, -0.1) is 0 Å². The van der Waals surface area contributed by atoms with Crippen molar-refractivity contribution in [3.8, 4) is 0 Å². The van der Waals surface area contributed by atoms with Crippen molar-refractivity contribution in [2.75, 3.05) is 19.8 Å². The zero-order chi connectivity index (χ0) is 8.32. The molecule has 0 aromatic heterocycles. The van der Waals surface area contributed by atoms with E-state index >= 15 is 0 Å². The van der Waals surface area contributed by atoms with E-state index in [4.69, 9.17) is 16.3 Å². The van der Waals surface area contributed by atoms with E-state index in [2.05, 4.69) is 18.8 Å². The summed E-state index contributed by atoms with van der Waals surface area (Å²) in [4.78, 5) is 0. The highest BCUT2D eigenvalue weighted by Gasteiger charge is 2.28. The first-order chi connectivity index (χ1) is 5.12. The summed E-state index contributed by atoms with van der Waals surface area (Å²) in [5, 5.41) is 3.95. The average Bonchev–Trinajstić information content (AvgIpc) is 2.33. The number of rotatable bonds is 3. The van der Waals surface area contributed by atoms with E-state index in [0.29, 0.717) is 11.6 Å². The number of hydrogen-bond acceptors (Lipinski definition) is 2. The molecule has 0 amide bonds. The fraction of sp³-hybridized carbons (Fsp3) is 0.750. The molecule has 1 heterocycles. The molecule has 1 fully saturated rings. The van der Waals surface area contributed by atoms with Gasteiger partial charge in [-0.25, -0.2) is 0 Å². The smallest absolute Gasteiger partial charge is 0.0646 e. The van der Waals surface area contributed by atoms with Crippen LogP contribution in [0.25, 0.3) is 0 Å². The topological polar surface area (TPSA) is 21.3 Å². The second-order valence-electron chi connectivity index (χ2n) is 3.23. The molecule has 2 nitrogen and oxygen atoms in total. The molecule has 1 aliphatic rings. The van der Waals surface area contributed by atoms with Gasteiger partial charge in [0.25, 0.3) is 0 Å². The molecule has 1 atom stereocenters. The third-order valence-electron chi connectivity index (χ3n) is 1.93. The van der Waals surface area contributed by atoms with Crippen molar-refractivity contribution >= 4 is 11.6 Å². The van der Waals surface area contributed by atoms with Gasteiger partial charge in [0.15, 0.2) is 0 Å². The van der Waals surface area contributed by atoms with Crippen LogP contribution in [-0.4, -0.2) is 25.3 Å². The van der Waals surface area contributed by atoms with Crippen molar-refractivity contribution in [2.24, 2.45) is 0 Å². The lowest BCUT2D eigenvalue weighted by Gasteiger charge is -2.22. The highest BCUT2D eigenvalue weighted by Crippen LogP contribution is 2.17. The zero-order valence-electron chi connectivity index (χ0n) is 6.82. The number of halogens is 1. The maximum atomic E-state index is 5.62. The van der Waals surface area contributed by atoms with E-state index in [1.165, 1.54) is 0 Å². The molecule has 3 heteroatoms. The third kappa shape index (κ3) is 2.81. The second kappa shape index (κ2) is 3.57. The first kappa shape index (κ1) is 9.04. The van der Waals surface area contributed by atoms with Gasteiger partial charge in [0.05, 0.1) is 6.61 Å². The zero-order valence-corrected chi connectivity index (χ0v) is 7.58. The number of ether oxygens (including phenoxy) is 1. The molecule has 0 bridgehead atoms. The van der Waals surface area contributed by atoms with Crippen LogP contribution in [0.15, 0.2) is 11.6 Å². The lowest BCUT2D eigenvalue weighted by Crippen LogP contribution is -2.43. The molecule has 1 rings (SSSR count). The Bertz CT molecular complexity index is 152. The SMILES string of the molecule is C=C(Cl)CNC1(C)CCOC1. The molecule has 64 valence electrons. The highest BCUT2D eigenvalue weighted by atomic mass is 35.5. The molecule has 1 saturated heterocycles. The molecule has 0 aromatic carbocycles. The molecule has 1 N–H and O–H groups in total. The summed E-state index contributed by atoms with van der Waals surface area (Å²) in [5.74, 6) is 0. The quantitative estimate of drug-likeness (QED) is 0.702. The predicted octanol–water partition coefficient (Wildman–Crippen LogP) is 1.51. The van der Waals surface area contributed by atoms with Crippen LogP contribution in [0.3, 0.4) is 0 Å². The van der Waals surface area contributed by atoms with Gasteiger partial charge < -0.3 is 10.1 Å². The van der Waals surface area contributed by atoms with Crippen LogP contribution in [0.1, 0.15) is 13.3 Å². The van der Waals surface area contributed by atoms with E-state index in [1.54, 1.807) is 0 Å². The molecule has 1 aliphatic heterocycles. The van der Waals surface area contributed by atoms with Crippen molar-refractivity contribution in [2.45, 2.75) is 18.9 Å².